The maximum absolute atomic E-state index is 12.6. The predicted octanol–water partition coefficient (Wildman–Crippen LogP) is 5.93. The maximum Gasteiger partial charge on any atom is 0.348 e. The number of fused-ring (bicyclic) bond motifs is 1. The number of benzene rings is 1. The van der Waals surface area contributed by atoms with Crippen molar-refractivity contribution in [3.05, 3.63) is 45.6 Å². The van der Waals surface area contributed by atoms with Crippen molar-refractivity contribution in [2.75, 3.05) is 18.1 Å². The average molecular weight is 418 g/mol. The smallest absolute Gasteiger partial charge is 0.348 e. The zero-order chi connectivity index (χ0) is 20.4. The molecule has 0 saturated heterocycles. The Morgan fingerprint density at radius 2 is 2.04 bits per heavy atom. The lowest BCUT2D eigenvalue weighted by Gasteiger charge is -2.23. The molecule has 2 aromatic heterocycles. The van der Waals surface area contributed by atoms with Crippen molar-refractivity contribution in [2.24, 2.45) is 5.92 Å². The number of esters is 1. The minimum atomic E-state index is -0.324. The normalized spacial score (nSPS) is 11.2. The molecule has 7 heteroatoms. The van der Waals surface area contributed by atoms with E-state index >= 15 is 0 Å². The molecule has 28 heavy (non-hydrogen) atoms. The number of ether oxygens (including phenoxy) is 1. The average Bonchev–Trinajstić information content (AvgIpc) is 2.96. The third-order valence-electron chi connectivity index (χ3n) is 4.36. The van der Waals surface area contributed by atoms with Crippen LogP contribution < -0.4 is 4.90 Å². The van der Waals surface area contributed by atoms with Gasteiger partial charge in [0.25, 0.3) is 0 Å². The van der Waals surface area contributed by atoms with Gasteiger partial charge in [-0.2, -0.15) is 4.98 Å². The highest BCUT2D eigenvalue weighted by molar-refractivity contribution is 7.20. The number of rotatable bonds is 6. The van der Waals surface area contributed by atoms with E-state index < -0.39 is 0 Å². The number of carbonyl (C=O) groups excluding carboxylic acids is 1. The zero-order valence-corrected chi connectivity index (χ0v) is 18.3. The van der Waals surface area contributed by atoms with E-state index in [2.05, 4.69) is 40.8 Å². The van der Waals surface area contributed by atoms with Crippen molar-refractivity contribution in [2.45, 2.75) is 34.6 Å². The molecule has 0 aliphatic heterocycles. The Bertz CT molecular complexity index is 1020. The Labute approximate surface area is 174 Å². The Morgan fingerprint density at radius 1 is 1.29 bits per heavy atom. The molecule has 148 valence electrons. The van der Waals surface area contributed by atoms with E-state index in [1.807, 2.05) is 32.9 Å². The number of halogens is 1. The highest BCUT2D eigenvalue weighted by Crippen LogP contribution is 2.39. The fourth-order valence-electron chi connectivity index (χ4n) is 3.04. The molecule has 0 bridgehead atoms. The van der Waals surface area contributed by atoms with Crippen LogP contribution in [0.5, 0.6) is 0 Å². The molecule has 2 heterocycles. The number of nitrogens with zero attached hydrogens (tertiary/aromatic N) is 3. The number of hydrogen-bond acceptors (Lipinski definition) is 6. The van der Waals surface area contributed by atoms with Crippen LogP contribution in [0.3, 0.4) is 0 Å². The third kappa shape index (κ3) is 4.13. The summed E-state index contributed by atoms with van der Waals surface area (Å²) in [6, 6.07) is 8.21. The van der Waals surface area contributed by atoms with Gasteiger partial charge in [0, 0.05) is 12.2 Å². The van der Waals surface area contributed by atoms with Gasteiger partial charge in [-0.15, -0.1) is 11.3 Å². The standard InChI is InChI=1S/C21H24ClN3O2S/c1-6-25(15-9-7-8-13(4)10-15)18-16-14(5)17(20(26)27-11-12(2)3)28-19(16)24-21(22)23-18/h7-10,12H,6,11H2,1-5H3. The molecule has 0 aliphatic carbocycles. The predicted molar refractivity (Wildman–Crippen MR) is 116 cm³/mol. The summed E-state index contributed by atoms with van der Waals surface area (Å²) in [5, 5.41) is 1.01. The van der Waals surface area contributed by atoms with Crippen LogP contribution in [-0.4, -0.2) is 29.1 Å². The summed E-state index contributed by atoms with van der Waals surface area (Å²) in [6.07, 6.45) is 0. The van der Waals surface area contributed by atoms with Gasteiger partial charge in [0.2, 0.25) is 5.28 Å². The maximum atomic E-state index is 12.6. The largest absolute Gasteiger partial charge is 0.461 e. The molecule has 0 radical (unpaired) electrons. The molecule has 0 fully saturated rings. The van der Waals surface area contributed by atoms with Gasteiger partial charge in [0.05, 0.1) is 12.0 Å². The van der Waals surface area contributed by atoms with E-state index in [-0.39, 0.29) is 17.2 Å². The van der Waals surface area contributed by atoms with Gasteiger partial charge in [0.15, 0.2) is 0 Å². The molecule has 0 spiro atoms. The number of thiophene rings is 1. The monoisotopic (exact) mass is 417 g/mol. The number of aryl methyl sites for hydroxylation is 2. The zero-order valence-electron chi connectivity index (χ0n) is 16.7. The van der Waals surface area contributed by atoms with Gasteiger partial charge < -0.3 is 9.64 Å². The molecule has 0 aliphatic rings. The number of aromatic nitrogens is 2. The molecule has 0 saturated carbocycles. The van der Waals surface area contributed by atoms with Gasteiger partial charge in [0.1, 0.15) is 15.5 Å². The Kier molecular flexibility index (Phi) is 6.20. The molecule has 0 atom stereocenters. The summed E-state index contributed by atoms with van der Waals surface area (Å²) in [5.41, 5.74) is 3.01. The molecule has 5 nitrogen and oxygen atoms in total. The van der Waals surface area contributed by atoms with Crippen LogP contribution in [0.1, 0.15) is 41.6 Å². The topological polar surface area (TPSA) is 55.3 Å². The van der Waals surface area contributed by atoms with Crippen molar-refractivity contribution in [1.82, 2.24) is 9.97 Å². The Morgan fingerprint density at radius 3 is 2.68 bits per heavy atom. The van der Waals surface area contributed by atoms with Gasteiger partial charge in [-0.1, -0.05) is 26.0 Å². The van der Waals surface area contributed by atoms with Crippen molar-refractivity contribution in [3.63, 3.8) is 0 Å². The fourth-order valence-corrected chi connectivity index (χ4v) is 4.32. The lowest BCUT2D eigenvalue weighted by molar-refractivity contribution is 0.0464. The van der Waals surface area contributed by atoms with Crippen LogP contribution >= 0.6 is 22.9 Å². The first-order valence-corrected chi connectivity index (χ1v) is 10.5. The third-order valence-corrected chi connectivity index (χ3v) is 5.70. The minimum Gasteiger partial charge on any atom is -0.461 e. The van der Waals surface area contributed by atoms with E-state index in [4.69, 9.17) is 16.3 Å². The van der Waals surface area contributed by atoms with Crippen LogP contribution in [-0.2, 0) is 4.74 Å². The van der Waals surface area contributed by atoms with E-state index in [0.717, 1.165) is 22.2 Å². The van der Waals surface area contributed by atoms with Crippen molar-refractivity contribution < 1.29 is 9.53 Å². The first kappa shape index (κ1) is 20.6. The number of carbonyl (C=O) groups is 1. The highest BCUT2D eigenvalue weighted by Gasteiger charge is 2.24. The molecule has 0 amide bonds. The van der Waals surface area contributed by atoms with Crippen LogP contribution in [0.4, 0.5) is 11.5 Å². The van der Waals surface area contributed by atoms with E-state index in [9.17, 15) is 4.79 Å². The lowest BCUT2D eigenvalue weighted by Crippen LogP contribution is -2.18. The van der Waals surface area contributed by atoms with Gasteiger partial charge >= 0.3 is 5.97 Å². The van der Waals surface area contributed by atoms with Crippen molar-refractivity contribution >= 4 is 50.6 Å². The fraction of sp³-hybridized carbons (Fsp3) is 0.381. The quantitative estimate of drug-likeness (QED) is 0.367. The second-order valence-corrected chi connectivity index (χ2v) is 8.47. The number of anilines is 2. The summed E-state index contributed by atoms with van der Waals surface area (Å²) in [7, 11) is 0. The Hall–Kier alpha value is -2.18. The first-order valence-electron chi connectivity index (χ1n) is 9.29. The lowest BCUT2D eigenvalue weighted by atomic mass is 10.1. The molecule has 3 rings (SSSR count). The molecule has 3 aromatic rings. The van der Waals surface area contributed by atoms with E-state index in [1.54, 1.807) is 0 Å². The SMILES string of the molecule is CCN(c1cccc(C)c1)c1nc(Cl)nc2sc(C(=O)OCC(C)C)c(C)c12. The summed E-state index contributed by atoms with van der Waals surface area (Å²) in [5.74, 6) is 0.662. The van der Waals surface area contributed by atoms with E-state index in [1.165, 1.54) is 11.3 Å². The number of hydrogen-bond donors (Lipinski definition) is 0. The van der Waals surface area contributed by atoms with Crippen molar-refractivity contribution in [1.29, 1.82) is 0 Å². The second kappa shape index (κ2) is 8.45. The van der Waals surface area contributed by atoms with E-state index in [0.29, 0.717) is 28.7 Å². The van der Waals surface area contributed by atoms with Gasteiger partial charge in [-0.25, -0.2) is 9.78 Å². The molecular weight excluding hydrogens is 394 g/mol. The Balaban J connectivity index is 2.13. The summed E-state index contributed by atoms with van der Waals surface area (Å²) in [6.45, 7) is 11.1. The van der Waals surface area contributed by atoms with Crippen LogP contribution in [0.25, 0.3) is 10.2 Å². The highest BCUT2D eigenvalue weighted by atomic mass is 35.5. The molecule has 0 N–H and O–H groups in total. The van der Waals surface area contributed by atoms with Gasteiger partial charge in [-0.05, 0) is 61.5 Å². The second-order valence-electron chi connectivity index (χ2n) is 7.13. The van der Waals surface area contributed by atoms with Crippen LogP contribution in [0.15, 0.2) is 24.3 Å². The van der Waals surface area contributed by atoms with Crippen molar-refractivity contribution in [3.8, 4) is 0 Å². The summed E-state index contributed by atoms with van der Waals surface area (Å²) < 4.78 is 5.43. The first-order chi connectivity index (χ1) is 13.3. The minimum absolute atomic E-state index is 0.164. The van der Waals surface area contributed by atoms with Gasteiger partial charge in [-0.3, -0.25) is 0 Å². The molecular formula is C21H24ClN3O2S. The summed E-state index contributed by atoms with van der Waals surface area (Å²) in [4.78, 5) is 24.8. The van der Waals surface area contributed by atoms with Crippen LogP contribution in [0.2, 0.25) is 5.28 Å². The molecule has 1 aromatic carbocycles. The molecule has 0 unspecified atom stereocenters. The van der Waals surface area contributed by atoms with Crippen LogP contribution in [0, 0.1) is 19.8 Å². The summed E-state index contributed by atoms with van der Waals surface area (Å²) >= 11 is 7.53.